The molecule has 2 amide bonds. The number of carbonyl (C=O) groups is 2. The van der Waals surface area contributed by atoms with Gasteiger partial charge in [-0.05, 0) is 43.5 Å². The van der Waals surface area contributed by atoms with Gasteiger partial charge in [-0.1, -0.05) is 22.0 Å². The van der Waals surface area contributed by atoms with Crippen molar-refractivity contribution in [1.82, 2.24) is 10.2 Å². The molecule has 1 N–H and O–H groups in total. The fourth-order valence-corrected chi connectivity index (χ4v) is 3.21. The third-order valence-corrected chi connectivity index (χ3v) is 4.39. The Kier molecular flexibility index (Phi) is 3.38. The predicted octanol–water partition coefficient (Wildman–Crippen LogP) is 2.59. The minimum absolute atomic E-state index is 0.0448. The lowest BCUT2D eigenvalue weighted by Crippen LogP contribution is -2.49. The molecule has 3 rings (SSSR count). The SMILES string of the molecule is CC=C1CCC(N2Cc3cc(Br)ccc3C2=O)C(=O)N1. The summed E-state index contributed by atoms with van der Waals surface area (Å²) in [5.41, 5.74) is 2.63. The van der Waals surface area contributed by atoms with Gasteiger partial charge < -0.3 is 10.2 Å². The van der Waals surface area contributed by atoms with Crippen molar-refractivity contribution in [2.45, 2.75) is 32.4 Å². The third kappa shape index (κ3) is 2.16. The molecule has 0 aliphatic carbocycles. The highest BCUT2D eigenvalue weighted by molar-refractivity contribution is 9.10. The number of amides is 2. The Labute approximate surface area is 126 Å². The lowest BCUT2D eigenvalue weighted by molar-refractivity contribution is -0.126. The molecule has 0 saturated carbocycles. The molecule has 4 nitrogen and oxygen atoms in total. The fourth-order valence-electron chi connectivity index (χ4n) is 2.80. The van der Waals surface area contributed by atoms with E-state index >= 15 is 0 Å². The number of benzene rings is 1. The molecule has 1 aromatic rings. The van der Waals surface area contributed by atoms with Crippen LogP contribution in [0.15, 0.2) is 34.4 Å². The van der Waals surface area contributed by atoms with E-state index in [9.17, 15) is 9.59 Å². The van der Waals surface area contributed by atoms with Gasteiger partial charge in [0, 0.05) is 22.3 Å². The van der Waals surface area contributed by atoms with Gasteiger partial charge in [0.2, 0.25) is 5.91 Å². The van der Waals surface area contributed by atoms with Crippen LogP contribution in [0.3, 0.4) is 0 Å². The molecular formula is C15H15BrN2O2. The Morgan fingerprint density at radius 2 is 2.20 bits per heavy atom. The van der Waals surface area contributed by atoms with Gasteiger partial charge in [-0.3, -0.25) is 9.59 Å². The molecule has 0 radical (unpaired) electrons. The molecule has 2 heterocycles. The van der Waals surface area contributed by atoms with E-state index < -0.39 is 0 Å². The highest BCUT2D eigenvalue weighted by Crippen LogP contribution is 2.30. The van der Waals surface area contributed by atoms with E-state index in [0.29, 0.717) is 18.5 Å². The van der Waals surface area contributed by atoms with Gasteiger partial charge in [0.1, 0.15) is 6.04 Å². The first-order chi connectivity index (χ1) is 9.60. The minimum Gasteiger partial charge on any atom is -0.328 e. The number of nitrogens with one attached hydrogen (secondary N) is 1. The van der Waals surface area contributed by atoms with Gasteiger partial charge >= 0.3 is 0 Å². The van der Waals surface area contributed by atoms with Crippen LogP contribution in [0.5, 0.6) is 0 Å². The molecule has 20 heavy (non-hydrogen) atoms. The number of carbonyl (C=O) groups excluding carboxylic acids is 2. The number of hydrogen-bond donors (Lipinski definition) is 1. The number of halogens is 1. The summed E-state index contributed by atoms with van der Waals surface area (Å²) in [6, 6.07) is 5.27. The summed E-state index contributed by atoms with van der Waals surface area (Å²) in [5, 5.41) is 2.87. The summed E-state index contributed by atoms with van der Waals surface area (Å²) >= 11 is 3.41. The Morgan fingerprint density at radius 1 is 1.40 bits per heavy atom. The smallest absolute Gasteiger partial charge is 0.255 e. The molecule has 0 bridgehead atoms. The molecule has 104 valence electrons. The number of hydrogen-bond acceptors (Lipinski definition) is 2. The number of fused-ring (bicyclic) bond motifs is 1. The van der Waals surface area contributed by atoms with Crippen molar-refractivity contribution in [2.75, 3.05) is 0 Å². The van der Waals surface area contributed by atoms with Crippen LogP contribution in [0.25, 0.3) is 0 Å². The molecule has 5 heteroatoms. The first kappa shape index (κ1) is 13.4. The number of nitrogens with zero attached hydrogens (tertiary/aromatic N) is 1. The van der Waals surface area contributed by atoms with Crippen LogP contribution in [0.2, 0.25) is 0 Å². The molecule has 1 fully saturated rings. The maximum atomic E-state index is 12.4. The second-order valence-corrected chi connectivity index (χ2v) is 6.01. The van der Waals surface area contributed by atoms with Crippen molar-refractivity contribution in [3.8, 4) is 0 Å². The molecular weight excluding hydrogens is 320 g/mol. The minimum atomic E-state index is -0.364. The summed E-state index contributed by atoms with van der Waals surface area (Å²) < 4.78 is 0.954. The van der Waals surface area contributed by atoms with Gasteiger partial charge in [-0.2, -0.15) is 0 Å². The summed E-state index contributed by atoms with van der Waals surface area (Å²) in [6.45, 7) is 2.42. The average molecular weight is 335 g/mol. The van der Waals surface area contributed by atoms with E-state index in [1.165, 1.54) is 0 Å². The first-order valence-electron chi connectivity index (χ1n) is 6.65. The predicted molar refractivity (Wildman–Crippen MR) is 78.9 cm³/mol. The van der Waals surface area contributed by atoms with Crippen LogP contribution >= 0.6 is 15.9 Å². The Morgan fingerprint density at radius 3 is 2.90 bits per heavy atom. The van der Waals surface area contributed by atoms with Crippen LogP contribution in [0, 0.1) is 0 Å². The zero-order valence-corrected chi connectivity index (χ0v) is 12.7. The van der Waals surface area contributed by atoms with E-state index in [4.69, 9.17) is 0 Å². The highest BCUT2D eigenvalue weighted by Gasteiger charge is 2.38. The zero-order valence-electron chi connectivity index (χ0n) is 11.1. The molecule has 0 spiro atoms. The summed E-state index contributed by atoms with van der Waals surface area (Å²) in [7, 11) is 0. The van der Waals surface area contributed by atoms with Gasteiger partial charge in [-0.15, -0.1) is 0 Å². The largest absolute Gasteiger partial charge is 0.328 e. The Balaban J connectivity index is 1.84. The van der Waals surface area contributed by atoms with Crippen LogP contribution < -0.4 is 5.32 Å². The van der Waals surface area contributed by atoms with Crippen molar-refractivity contribution in [2.24, 2.45) is 0 Å². The van der Waals surface area contributed by atoms with Crippen LogP contribution in [-0.2, 0) is 11.3 Å². The number of piperidine rings is 1. The van der Waals surface area contributed by atoms with Crippen molar-refractivity contribution >= 4 is 27.7 Å². The van der Waals surface area contributed by atoms with Crippen molar-refractivity contribution < 1.29 is 9.59 Å². The molecule has 2 aliphatic heterocycles. The lowest BCUT2D eigenvalue weighted by Gasteiger charge is -2.31. The summed E-state index contributed by atoms with van der Waals surface area (Å²) in [6.07, 6.45) is 3.40. The maximum absolute atomic E-state index is 12.4. The second kappa shape index (κ2) is 5.05. The molecule has 1 atom stereocenters. The maximum Gasteiger partial charge on any atom is 0.255 e. The van der Waals surface area contributed by atoms with E-state index in [1.807, 2.05) is 31.2 Å². The topological polar surface area (TPSA) is 49.4 Å². The zero-order chi connectivity index (χ0) is 14.3. The monoisotopic (exact) mass is 334 g/mol. The third-order valence-electron chi connectivity index (χ3n) is 3.90. The Hall–Kier alpha value is -1.62. The first-order valence-corrected chi connectivity index (χ1v) is 7.45. The van der Waals surface area contributed by atoms with Crippen LogP contribution in [-0.4, -0.2) is 22.8 Å². The van der Waals surface area contributed by atoms with Gasteiger partial charge in [-0.25, -0.2) is 0 Å². The molecule has 2 aliphatic rings. The number of allylic oxidation sites excluding steroid dienone is 2. The van der Waals surface area contributed by atoms with E-state index in [0.717, 1.165) is 22.2 Å². The van der Waals surface area contributed by atoms with E-state index in [-0.39, 0.29) is 17.9 Å². The molecule has 1 unspecified atom stereocenters. The number of rotatable bonds is 1. The summed E-state index contributed by atoms with van der Waals surface area (Å²) in [4.78, 5) is 26.3. The van der Waals surface area contributed by atoms with Crippen LogP contribution in [0.4, 0.5) is 0 Å². The standard InChI is InChI=1S/C15H15BrN2O2/c1-2-11-4-6-13(14(19)17-11)18-8-9-7-10(16)3-5-12(9)15(18)20/h2-3,5,7,13H,4,6,8H2,1H3,(H,17,19). The average Bonchev–Trinajstić information content (AvgIpc) is 2.75. The second-order valence-electron chi connectivity index (χ2n) is 5.09. The highest BCUT2D eigenvalue weighted by atomic mass is 79.9. The summed E-state index contributed by atoms with van der Waals surface area (Å²) in [5.74, 6) is -0.124. The lowest BCUT2D eigenvalue weighted by atomic mass is 10.0. The quantitative estimate of drug-likeness (QED) is 0.858. The molecule has 1 aromatic carbocycles. The van der Waals surface area contributed by atoms with E-state index in [1.54, 1.807) is 4.90 Å². The Bertz CT molecular complexity index is 624. The fraction of sp³-hybridized carbons (Fsp3) is 0.333. The van der Waals surface area contributed by atoms with Crippen molar-refractivity contribution in [3.05, 3.63) is 45.6 Å². The van der Waals surface area contributed by atoms with Crippen molar-refractivity contribution in [3.63, 3.8) is 0 Å². The molecule has 0 aromatic heterocycles. The normalized spacial score (nSPS) is 24.0. The van der Waals surface area contributed by atoms with Gasteiger partial charge in [0.05, 0.1) is 0 Å². The van der Waals surface area contributed by atoms with Gasteiger partial charge in [0.25, 0.3) is 5.91 Å². The van der Waals surface area contributed by atoms with Gasteiger partial charge in [0.15, 0.2) is 0 Å². The molecule has 1 saturated heterocycles. The van der Waals surface area contributed by atoms with Crippen LogP contribution in [0.1, 0.15) is 35.7 Å². The van der Waals surface area contributed by atoms with E-state index in [2.05, 4.69) is 21.2 Å². The van der Waals surface area contributed by atoms with Crippen molar-refractivity contribution in [1.29, 1.82) is 0 Å².